The molecule has 1 aliphatic heterocycles. The van der Waals surface area contributed by atoms with Crippen molar-refractivity contribution >= 4 is 11.3 Å². The number of aryl methyl sites for hydroxylation is 1. The highest BCUT2D eigenvalue weighted by atomic mass is 32.1. The van der Waals surface area contributed by atoms with Gasteiger partial charge in [0, 0.05) is 23.5 Å². The van der Waals surface area contributed by atoms with Crippen LogP contribution in [0.4, 0.5) is 0 Å². The molecule has 2 fully saturated rings. The van der Waals surface area contributed by atoms with E-state index in [0.29, 0.717) is 6.04 Å². The second kappa shape index (κ2) is 4.38. The number of nitrogens with zero attached hydrogens (tertiary/aromatic N) is 1. The fourth-order valence-corrected chi connectivity index (χ4v) is 4.84. The number of piperidine rings is 1. The zero-order chi connectivity index (χ0) is 12.0. The summed E-state index contributed by atoms with van der Waals surface area (Å²) in [7, 11) is 0. The Bertz CT molecular complexity index is 399. The number of rotatable bonds is 3. The van der Waals surface area contributed by atoms with E-state index in [-0.39, 0.29) is 6.04 Å². The first-order valence-corrected chi connectivity index (χ1v) is 7.60. The third-order valence-corrected chi connectivity index (χ3v) is 5.57. The van der Waals surface area contributed by atoms with Crippen LogP contribution >= 0.6 is 11.3 Å². The predicted octanol–water partition coefficient (Wildman–Crippen LogP) is 2.93. The minimum atomic E-state index is 0.228. The van der Waals surface area contributed by atoms with E-state index in [2.05, 4.69) is 30.2 Å². The van der Waals surface area contributed by atoms with Crippen LogP contribution in [0, 0.1) is 12.8 Å². The van der Waals surface area contributed by atoms with Gasteiger partial charge in [0.2, 0.25) is 0 Å². The van der Waals surface area contributed by atoms with E-state index < -0.39 is 0 Å². The van der Waals surface area contributed by atoms with Crippen LogP contribution in [0.2, 0.25) is 0 Å². The summed E-state index contributed by atoms with van der Waals surface area (Å²) in [5, 5.41) is 2.20. The van der Waals surface area contributed by atoms with Gasteiger partial charge in [0.1, 0.15) is 0 Å². The van der Waals surface area contributed by atoms with Crippen molar-refractivity contribution in [2.24, 2.45) is 11.7 Å². The molecule has 2 nitrogen and oxygen atoms in total. The Hall–Kier alpha value is -0.380. The molecule has 1 aliphatic carbocycles. The van der Waals surface area contributed by atoms with Gasteiger partial charge in [0.15, 0.2) is 0 Å². The van der Waals surface area contributed by atoms with E-state index in [1.54, 1.807) is 0 Å². The van der Waals surface area contributed by atoms with Crippen LogP contribution in [-0.2, 0) is 0 Å². The van der Waals surface area contributed by atoms with Gasteiger partial charge in [-0.05, 0) is 56.0 Å². The molecular weight excluding hydrogens is 228 g/mol. The van der Waals surface area contributed by atoms with Gasteiger partial charge in [-0.15, -0.1) is 11.3 Å². The van der Waals surface area contributed by atoms with E-state index in [9.17, 15) is 0 Å². The topological polar surface area (TPSA) is 29.3 Å². The number of fused-ring (bicyclic) bond motifs is 2. The zero-order valence-electron chi connectivity index (χ0n) is 10.7. The van der Waals surface area contributed by atoms with E-state index in [4.69, 9.17) is 5.73 Å². The summed E-state index contributed by atoms with van der Waals surface area (Å²) < 4.78 is 0. The van der Waals surface area contributed by atoms with E-state index >= 15 is 0 Å². The second-order valence-corrected chi connectivity index (χ2v) is 6.75. The van der Waals surface area contributed by atoms with Crippen molar-refractivity contribution in [3.05, 3.63) is 21.9 Å². The highest BCUT2D eigenvalue weighted by Gasteiger charge is 2.42. The highest BCUT2D eigenvalue weighted by Crippen LogP contribution is 2.44. The van der Waals surface area contributed by atoms with Crippen LogP contribution in [0.1, 0.15) is 42.7 Å². The Morgan fingerprint density at radius 2 is 2.29 bits per heavy atom. The molecule has 1 saturated heterocycles. The van der Waals surface area contributed by atoms with Crippen LogP contribution in [0.3, 0.4) is 0 Å². The summed E-state index contributed by atoms with van der Waals surface area (Å²) in [6.45, 7) is 5.65. The molecule has 1 saturated carbocycles. The highest BCUT2D eigenvalue weighted by molar-refractivity contribution is 7.10. The van der Waals surface area contributed by atoms with Gasteiger partial charge in [0.25, 0.3) is 0 Å². The summed E-state index contributed by atoms with van der Waals surface area (Å²) in [5.41, 5.74) is 7.69. The lowest BCUT2D eigenvalue weighted by molar-refractivity contribution is 0.135. The Morgan fingerprint density at radius 1 is 1.47 bits per heavy atom. The fraction of sp³-hybridized carbons (Fsp3) is 0.714. The molecule has 1 aromatic heterocycles. The monoisotopic (exact) mass is 250 g/mol. The second-order valence-electron chi connectivity index (χ2n) is 5.80. The van der Waals surface area contributed by atoms with Gasteiger partial charge in [0.05, 0.1) is 6.04 Å². The van der Waals surface area contributed by atoms with E-state index in [1.807, 2.05) is 11.3 Å². The molecule has 2 heterocycles. The molecule has 2 aliphatic rings. The summed E-state index contributed by atoms with van der Waals surface area (Å²) in [4.78, 5) is 4.19. The van der Waals surface area contributed by atoms with Crippen LogP contribution in [0.15, 0.2) is 11.4 Å². The Morgan fingerprint density at radius 3 is 2.76 bits per heavy atom. The molecular formula is C14H22N2S. The largest absolute Gasteiger partial charge is 0.326 e. The van der Waals surface area contributed by atoms with Crippen molar-refractivity contribution in [3.63, 3.8) is 0 Å². The van der Waals surface area contributed by atoms with Crippen molar-refractivity contribution in [2.45, 2.75) is 51.2 Å². The van der Waals surface area contributed by atoms with Crippen molar-refractivity contribution in [3.8, 4) is 0 Å². The molecule has 0 spiro atoms. The lowest BCUT2D eigenvalue weighted by Crippen LogP contribution is -2.43. The smallest absolute Gasteiger partial charge is 0.0595 e. The molecule has 94 valence electrons. The third-order valence-electron chi connectivity index (χ3n) is 4.48. The predicted molar refractivity (Wildman–Crippen MR) is 73.3 cm³/mol. The van der Waals surface area contributed by atoms with Gasteiger partial charge < -0.3 is 5.73 Å². The maximum Gasteiger partial charge on any atom is 0.0595 e. The van der Waals surface area contributed by atoms with Gasteiger partial charge in [-0.1, -0.05) is 0 Å². The van der Waals surface area contributed by atoms with Gasteiger partial charge in [-0.3, -0.25) is 4.90 Å². The molecule has 2 bridgehead atoms. The normalized spacial score (nSPS) is 31.9. The first-order valence-electron chi connectivity index (χ1n) is 6.72. The lowest BCUT2D eigenvalue weighted by atomic mass is 10.0. The van der Waals surface area contributed by atoms with Gasteiger partial charge in [-0.2, -0.15) is 0 Å². The first kappa shape index (κ1) is 11.7. The van der Waals surface area contributed by atoms with Crippen molar-refractivity contribution in [1.82, 2.24) is 4.90 Å². The minimum Gasteiger partial charge on any atom is -0.326 e. The molecule has 0 radical (unpaired) electrons. The lowest BCUT2D eigenvalue weighted by Gasteiger charge is -2.37. The number of thiophene rings is 1. The molecule has 2 N–H and O–H groups in total. The molecule has 1 aromatic rings. The molecule has 3 heteroatoms. The SMILES string of the molecule is Cc1ccsc1C(C(C)N)N1CC2CCC1C2. The van der Waals surface area contributed by atoms with Crippen LogP contribution in [0.5, 0.6) is 0 Å². The molecule has 4 unspecified atom stereocenters. The Balaban J connectivity index is 1.89. The number of likely N-dealkylation sites (tertiary alicyclic amines) is 1. The first-order chi connectivity index (χ1) is 8.16. The summed E-state index contributed by atoms with van der Waals surface area (Å²) in [6.07, 6.45) is 4.24. The standard InChI is InChI=1S/C14H22N2S/c1-9-5-6-17-14(9)13(10(2)15)16-8-11-3-4-12(16)7-11/h5-6,10-13H,3-4,7-8,15H2,1-2H3. The van der Waals surface area contributed by atoms with Crippen LogP contribution in [0.25, 0.3) is 0 Å². The van der Waals surface area contributed by atoms with E-state index in [1.165, 1.54) is 36.2 Å². The summed E-state index contributed by atoms with van der Waals surface area (Å²) in [5.74, 6) is 0.946. The molecule has 4 atom stereocenters. The average molecular weight is 250 g/mol. The Kier molecular flexibility index (Phi) is 3.01. The van der Waals surface area contributed by atoms with Gasteiger partial charge in [-0.25, -0.2) is 0 Å². The maximum absolute atomic E-state index is 6.27. The molecule has 3 rings (SSSR count). The summed E-state index contributed by atoms with van der Waals surface area (Å²) >= 11 is 1.88. The van der Waals surface area contributed by atoms with Crippen molar-refractivity contribution in [1.29, 1.82) is 0 Å². The maximum atomic E-state index is 6.27. The fourth-order valence-electron chi connectivity index (χ4n) is 3.68. The van der Waals surface area contributed by atoms with E-state index in [0.717, 1.165) is 12.0 Å². The van der Waals surface area contributed by atoms with Crippen molar-refractivity contribution < 1.29 is 0 Å². The molecule has 17 heavy (non-hydrogen) atoms. The zero-order valence-corrected chi connectivity index (χ0v) is 11.5. The number of nitrogens with two attached hydrogens (primary N) is 1. The molecule has 0 aromatic carbocycles. The Labute approximate surface area is 108 Å². The van der Waals surface area contributed by atoms with Crippen LogP contribution < -0.4 is 5.73 Å². The van der Waals surface area contributed by atoms with Gasteiger partial charge >= 0.3 is 0 Å². The number of hydrogen-bond acceptors (Lipinski definition) is 3. The quantitative estimate of drug-likeness (QED) is 0.893. The molecule has 0 amide bonds. The third kappa shape index (κ3) is 1.94. The minimum absolute atomic E-state index is 0.228. The number of hydrogen-bond donors (Lipinski definition) is 1. The average Bonchev–Trinajstić information content (AvgIpc) is 2.96. The van der Waals surface area contributed by atoms with Crippen molar-refractivity contribution in [2.75, 3.05) is 6.54 Å². The van der Waals surface area contributed by atoms with Crippen LogP contribution in [-0.4, -0.2) is 23.5 Å². The summed E-state index contributed by atoms with van der Waals surface area (Å²) in [6, 6.07) is 3.71.